The number of benzene rings is 2. The van der Waals surface area contributed by atoms with E-state index in [1.54, 1.807) is 19.1 Å². The molecule has 0 fully saturated rings. The van der Waals surface area contributed by atoms with Gasteiger partial charge in [0, 0.05) is 14.9 Å². The number of halogens is 1. The van der Waals surface area contributed by atoms with Crippen molar-refractivity contribution >= 4 is 49.1 Å². The standard InChI is InChI=1S/C24H22BrN3O3S/c1-4-31-19-8-6-5-7-18(19)27-22(29)14(2)28-13-26-23-21(24(28)30)20(15(3)32-23)16-9-11-17(25)12-10-16/h5-14H,4H2,1-3H3,(H,27,29). The fourth-order valence-electron chi connectivity index (χ4n) is 3.57. The monoisotopic (exact) mass is 511 g/mol. The number of aromatic nitrogens is 2. The summed E-state index contributed by atoms with van der Waals surface area (Å²) in [6.07, 6.45) is 1.45. The topological polar surface area (TPSA) is 73.2 Å². The van der Waals surface area contributed by atoms with Crippen molar-refractivity contribution in [3.63, 3.8) is 0 Å². The molecule has 0 aliphatic carbocycles. The predicted octanol–water partition coefficient (Wildman–Crippen LogP) is 5.79. The molecule has 1 atom stereocenters. The highest BCUT2D eigenvalue weighted by Crippen LogP contribution is 2.36. The molecule has 0 saturated carbocycles. The molecule has 2 aromatic carbocycles. The Bertz CT molecular complexity index is 1350. The summed E-state index contributed by atoms with van der Waals surface area (Å²) in [6, 6.07) is 14.3. The average molecular weight is 512 g/mol. The van der Waals surface area contributed by atoms with Gasteiger partial charge >= 0.3 is 0 Å². The van der Waals surface area contributed by atoms with Crippen molar-refractivity contribution in [3.05, 3.63) is 74.6 Å². The maximum absolute atomic E-state index is 13.5. The molecule has 4 aromatic rings. The highest BCUT2D eigenvalue weighted by Gasteiger charge is 2.22. The van der Waals surface area contributed by atoms with Crippen LogP contribution in [0, 0.1) is 6.92 Å². The van der Waals surface area contributed by atoms with Crippen LogP contribution in [-0.4, -0.2) is 22.1 Å². The second kappa shape index (κ2) is 9.26. The number of thiophene rings is 1. The second-order valence-corrected chi connectivity index (χ2v) is 9.39. The van der Waals surface area contributed by atoms with Gasteiger partial charge in [-0.25, -0.2) is 4.98 Å². The van der Waals surface area contributed by atoms with Gasteiger partial charge in [0.1, 0.15) is 16.6 Å². The SMILES string of the molecule is CCOc1ccccc1NC(=O)C(C)n1cnc2sc(C)c(-c3ccc(Br)cc3)c2c1=O. The third kappa shape index (κ3) is 4.20. The second-order valence-electron chi connectivity index (χ2n) is 7.27. The summed E-state index contributed by atoms with van der Waals surface area (Å²) in [5.74, 6) is 0.264. The van der Waals surface area contributed by atoms with E-state index in [2.05, 4.69) is 26.2 Å². The zero-order valence-electron chi connectivity index (χ0n) is 17.9. The number of nitrogens with zero attached hydrogens (tertiary/aromatic N) is 2. The molecule has 0 bridgehead atoms. The first kappa shape index (κ1) is 22.2. The number of fused-ring (bicyclic) bond motifs is 1. The van der Waals surface area contributed by atoms with E-state index in [1.165, 1.54) is 22.2 Å². The van der Waals surface area contributed by atoms with Crippen LogP contribution < -0.4 is 15.6 Å². The van der Waals surface area contributed by atoms with Gasteiger partial charge in [-0.15, -0.1) is 11.3 Å². The van der Waals surface area contributed by atoms with Crippen LogP contribution in [0.2, 0.25) is 0 Å². The van der Waals surface area contributed by atoms with E-state index in [9.17, 15) is 9.59 Å². The van der Waals surface area contributed by atoms with Gasteiger partial charge in [0.05, 0.1) is 24.0 Å². The van der Waals surface area contributed by atoms with Crippen LogP contribution in [0.1, 0.15) is 24.8 Å². The van der Waals surface area contributed by atoms with E-state index < -0.39 is 6.04 Å². The molecule has 32 heavy (non-hydrogen) atoms. The lowest BCUT2D eigenvalue weighted by atomic mass is 10.0. The summed E-state index contributed by atoms with van der Waals surface area (Å²) >= 11 is 4.93. The van der Waals surface area contributed by atoms with Gasteiger partial charge in [0.25, 0.3) is 5.56 Å². The Balaban J connectivity index is 1.73. The van der Waals surface area contributed by atoms with Crippen LogP contribution >= 0.6 is 27.3 Å². The highest BCUT2D eigenvalue weighted by atomic mass is 79.9. The number of rotatable bonds is 6. The molecule has 0 spiro atoms. The first-order chi connectivity index (χ1) is 15.4. The quantitative estimate of drug-likeness (QED) is 0.355. The van der Waals surface area contributed by atoms with Crippen molar-refractivity contribution in [2.24, 2.45) is 0 Å². The van der Waals surface area contributed by atoms with E-state index in [1.807, 2.05) is 50.2 Å². The van der Waals surface area contributed by atoms with Crippen molar-refractivity contribution in [1.82, 2.24) is 9.55 Å². The molecule has 2 heterocycles. The third-order valence-electron chi connectivity index (χ3n) is 5.19. The number of nitrogens with one attached hydrogen (secondary N) is 1. The van der Waals surface area contributed by atoms with Crippen LogP contribution in [-0.2, 0) is 4.79 Å². The van der Waals surface area contributed by atoms with Crippen molar-refractivity contribution in [3.8, 4) is 16.9 Å². The summed E-state index contributed by atoms with van der Waals surface area (Å²) in [7, 11) is 0. The molecule has 1 unspecified atom stereocenters. The smallest absolute Gasteiger partial charge is 0.263 e. The summed E-state index contributed by atoms with van der Waals surface area (Å²) in [5, 5.41) is 3.41. The molecule has 164 valence electrons. The fourth-order valence-corrected chi connectivity index (χ4v) is 4.84. The maximum Gasteiger partial charge on any atom is 0.263 e. The maximum atomic E-state index is 13.5. The number of hydrogen-bond donors (Lipinski definition) is 1. The first-order valence-corrected chi connectivity index (χ1v) is 11.8. The Morgan fingerprint density at radius 2 is 1.94 bits per heavy atom. The fraction of sp³-hybridized carbons (Fsp3) is 0.208. The largest absolute Gasteiger partial charge is 0.492 e. The Kier molecular flexibility index (Phi) is 6.43. The molecular weight excluding hydrogens is 490 g/mol. The third-order valence-corrected chi connectivity index (χ3v) is 6.73. The molecule has 1 N–H and O–H groups in total. The van der Waals surface area contributed by atoms with E-state index in [0.717, 1.165) is 20.5 Å². The average Bonchev–Trinajstić information content (AvgIpc) is 3.12. The highest BCUT2D eigenvalue weighted by molar-refractivity contribution is 9.10. The Hall–Kier alpha value is -2.97. The lowest BCUT2D eigenvalue weighted by Crippen LogP contribution is -2.31. The van der Waals surface area contributed by atoms with E-state index in [-0.39, 0.29) is 11.5 Å². The number of para-hydroxylation sites is 2. The van der Waals surface area contributed by atoms with Crippen molar-refractivity contribution in [2.45, 2.75) is 26.8 Å². The lowest BCUT2D eigenvalue weighted by Gasteiger charge is -2.17. The van der Waals surface area contributed by atoms with E-state index in [4.69, 9.17) is 4.74 Å². The molecule has 0 aliphatic heterocycles. The Morgan fingerprint density at radius 3 is 2.66 bits per heavy atom. The van der Waals surface area contributed by atoms with Gasteiger partial charge in [-0.3, -0.25) is 14.2 Å². The number of carbonyl (C=O) groups is 1. The van der Waals surface area contributed by atoms with Crippen LogP contribution in [0.15, 0.2) is 64.1 Å². The summed E-state index contributed by atoms with van der Waals surface area (Å²) in [4.78, 5) is 32.6. The van der Waals surface area contributed by atoms with Crippen LogP contribution in [0.3, 0.4) is 0 Å². The van der Waals surface area contributed by atoms with E-state index >= 15 is 0 Å². The van der Waals surface area contributed by atoms with E-state index in [0.29, 0.717) is 28.3 Å². The van der Waals surface area contributed by atoms with Gasteiger partial charge in [-0.05, 0) is 50.6 Å². The van der Waals surface area contributed by atoms with Gasteiger partial charge < -0.3 is 10.1 Å². The first-order valence-electron chi connectivity index (χ1n) is 10.2. The van der Waals surface area contributed by atoms with Gasteiger partial charge in [0.2, 0.25) is 5.91 Å². The number of ether oxygens (including phenoxy) is 1. The minimum atomic E-state index is -0.757. The normalized spacial score (nSPS) is 12.0. The van der Waals surface area contributed by atoms with Gasteiger partial charge in [-0.2, -0.15) is 0 Å². The minimum Gasteiger partial charge on any atom is -0.492 e. The summed E-state index contributed by atoms with van der Waals surface area (Å²) in [6.45, 7) is 6.03. The van der Waals surface area contributed by atoms with Crippen LogP contribution in [0.5, 0.6) is 5.75 Å². The van der Waals surface area contributed by atoms with Gasteiger partial charge in [0.15, 0.2) is 0 Å². The number of amides is 1. The molecular formula is C24H22BrN3O3S. The molecule has 0 saturated heterocycles. The molecule has 8 heteroatoms. The molecule has 0 aliphatic rings. The van der Waals surface area contributed by atoms with Gasteiger partial charge in [-0.1, -0.05) is 40.2 Å². The summed E-state index contributed by atoms with van der Waals surface area (Å²) in [5.41, 5.74) is 2.13. The van der Waals surface area contributed by atoms with Crippen molar-refractivity contribution in [2.75, 3.05) is 11.9 Å². The Morgan fingerprint density at radius 1 is 1.22 bits per heavy atom. The predicted molar refractivity (Wildman–Crippen MR) is 133 cm³/mol. The van der Waals surface area contributed by atoms with Crippen LogP contribution in [0.4, 0.5) is 5.69 Å². The Labute approximate surface area is 198 Å². The van der Waals surface area contributed by atoms with Crippen LogP contribution in [0.25, 0.3) is 21.3 Å². The molecule has 1 amide bonds. The van der Waals surface area contributed by atoms with Crippen molar-refractivity contribution < 1.29 is 9.53 Å². The number of aryl methyl sites for hydroxylation is 1. The zero-order valence-corrected chi connectivity index (χ0v) is 20.3. The molecule has 6 nitrogen and oxygen atoms in total. The molecule has 2 aromatic heterocycles. The number of hydrogen-bond acceptors (Lipinski definition) is 5. The summed E-state index contributed by atoms with van der Waals surface area (Å²) < 4.78 is 7.93. The minimum absolute atomic E-state index is 0.238. The number of anilines is 1. The van der Waals surface area contributed by atoms with Crippen molar-refractivity contribution in [1.29, 1.82) is 0 Å². The molecule has 4 rings (SSSR count). The molecule has 0 radical (unpaired) electrons. The number of carbonyl (C=O) groups excluding carboxylic acids is 1. The zero-order chi connectivity index (χ0) is 22.8. The lowest BCUT2D eigenvalue weighted by molar-refractivity contribution is -0.118.